The third kappa shape index (κ3) is 2.22. The summed E-state index contributed by atoms with van der Waals surface area (Å²) < 4.78 is 4.69. The fourth-order valence-electron chi connectivity index (χ4n) is 2.09. The predicted octanol–water partition coefficient (Wildman–Crippen LogP) is 0.961. The van der Waals surface area contributed by atoms with Crippen molar-refractivity contribution in [1.82, 2.24) is 0 Å². The summed E-state index contributed by atoms with van der Waals surface area (Å²) in [6.45, 7) is 0.504. The monoisotopic (exact) mass is 249 g/mol. The van der Waals surface area contributed by atoms with Crippen molar-refractivity contribution in [2.75, 3.05) is 18.6 Å². The van der Waals surface area contributed by atoms with E-state index in [2.05, 4.69) is 0 Å². The minimum atomic E-state index is -0.982. The number of methoxy groups -OCH3 is 1. The maximum Gasteiger partial charge on any atom is 0.339 e. The second-order valence-corrected chi connectivity index (χ2v) is 4.16. The van der Waals surface area contributed by atoms with Gasteiger partial charge in [0.1, 0.15) is 6.10 Å². The van der Waals surface area contributed by atoms with E-state index in [1.165, 1.54) is 12.0 Å². The van der Waals surface area contributed by atoms with Gasteiger partial charge in [-0.3, -0.25) is 4.79 Å². The molecule has 1 saturated heterocycles. The van der Waals surface area contributed by atoms with Gasteiger partial charge < -0.3 is 14.7 Å². The molecule has 1 aromatic carbocycles. The maximum absolute atomic E-state index is 11.9. The smallest absolute Gasteiger partial charge is 0.339 e. The van der Waals surface area contributed by atoms with Crippen molar-refractivity contribution in [3.8, 4) is 0 Å². The number of aliphatic hydroxyl groups excluding tert-OH is 1. The summed E-state index contributed by atoms with van der Waals surface area (Å²) in [7, 11) is 1.30. The Morgan fingerprint density at radius 2 is 2.17 bits per heavy atom. The molecule has 1 amide bonds. The minimum absolute atomic E-state index is 0.336. The lowest BCUT2D eigenvalue weighted by molar-refractivity contribution is -0.128. The summed E-state index contributed by atoms with van der Waals surface area (Å²) in [6, 6.07) is 6.74. The molecular weight excluding hydrogens is 234 g/mol. The molecule has 1 N–H and O–H groups in total. The summed E-state index contributed by atoms with van der Waals surface area (Å²) in [6.07, 6.45) is 0.197. The Labute approximate surface area is 105 Å². The Bertz CT molecular complexity index is 472. The molecule has 0 bridgehead atoms. The van der Waals surface area contributed by atoms with E-state index in [9.17, 15) is 14.7 Å². The van der Waals surface area contributed by atoms with Gasteiger partial charge in [-0.2, -0.15) is 0 Å². The summed E-state index contributed by atoms with van der Waals surface area (Å²) >= 11 is 0. The van der Waals surface area contributed by atoms with Gasteiger partial charge in [0, 0.05) is 6.54 Å². The molecule has 5 nitrogen and oxygen atoms in total. The number of para-hydroxylation sites is 1. The van der Waals surface area contributed by atoms with E-state index in [4.69, 9.17) is 4.74 Å². The van der Waals surface area contributed by atoms with E-state index in [0.717, 1.165) is 0 Å². The molecule has 1 aromatic rings. The van der Waals surface area contributed by atoms with E-state index in [-0.39, 0.29) is 5.91 Å². The van der Waals surface area contributed by atoms with Crippen LogP contribution in [0.1, 0.15) is 23.2 Å². The molecule has 1 atom stereocenters. The Hall–Kier alpha value is -1.88. The molecule has 0 radical (unpaired) electrons. The van der Waals surface area contributed by atoms with E-state index in [1.807, 2.05) is 0 Å². The van der Waals surface area contributed by atoms with Gasteiger partial charge in [-0.15, -0.1) is 0 Å². The lowest BCUT2D eigenvalue weighted by Gasteiger charge is -2.30. The molecule has 0 aliphatic carbocycles. The molecule has 1 aliphatic heterocycles. The van der Waals surface area contributed by atoms with Crippen molar-refractivity contribution < 1.29 is 19.4 Å². The molecule has 5 heteroatoms. The summed E-state index contributed by atoms with van der Waals surface area (Å²) in [5.41, 5.74) is 0.829. The lowest BCUT2D eigenvalue weighted by atomic mass is 10.0. The van der Waals surface area contributed by atoms with Crippen LogP contribution in [0.4, 0.5) is 5.69 Å². The number of esters is 1. The topological polar surface area (TPSA) is 66.8 Å². The highest BCUT2D eigenvalue weighted by Crippen LogP contribution is 2.25. The van der Waals surface area contributed by atoms with Crippen LogP contribution in [-0.4, -0.2) is 36.7 Å². The summed E-state index contributed by atoms with van der Waals surface area (Å²) in [5.74, 6) is -0.851. The normalized spacial score (nSPS) is 19.8. The fourth-order valence-corrected chi connectivity index (χ4v) is 2.09. The fraction of sp³-hybridized carbons (Fsp3) is 0.385. The number of aliphatic hydroxyl groups is 1. The number of benzene rings is 1. The first-order valence-corrected chi connectivity index (χ1v) is 5.82. The zero-order chi connectivity index (χ0) is 13.1. The second kappa shape index (κ2) is 5.18. The molecule has 1 fully saturated rings. The highest BCUT2D eigenvalue weighted by Gasteiger charge is 2.30. The van der Waals surface area contributed by atoms with E-state index in [0.29, 0.717) is 30.6 Å². The standard InChI is InChI=1S/C13H15NO4/c1-18-13(17)9-5-2-3-6-10(9)14-8-4-7-11(15)12(14)16/h2-3,5-6,11,15H,4,7-8H2,1H3. The SMILES string of the molecule is COC(=O)c1ccccc1N1CCCC(O)C1=O. The van der Waals surface area contributed by atoms with Gasteiger partial charge in [-0.25, -0.2) is 4.79 Å². The van der Waals surface area contributed by atoms with Crippen molar-refractivity contribution in [3.63, 3.8) is 0 Å². The van der Waals surface area contributed by atoms with Crippen LogP contribution in [0.15, 0.2) is 24.3 Å². The number of carbonyl (C=O) groups is 2. The van der Waals surface area contributed by atoms with Crippen molar-refractivity contribution in [2.45, 2.75) is 18.9 Å². The highest BCUT2D eigenvalue weighted by atomic mass is 16.5. The summed E-state index contributed by atoms with van der Waals surface area (Å²) in [5, 5.41) is 9.59. The highest BCUT2D eigenvalue weighted by molar-refractivity contribution is 6.04. The van der Waals surface area contributed by atoms with Crippen molar-refractivity contribution >= 4 is 17.6 Å². The van der Waals surface area contributed by atoms with Crippen LogP contribution < -0.4 is 4.90 Å². The van der Waals surface area contributed by atoms with Crippen LogP contribution in [-0.2, 0) is 9.53 Å². The zero-order valence-electron chi connectivity index (χ0n) is 10.1. The third-order valence-electron chi connectivity index (χ3n) is 3.01. The quantitative estimate of drug-likeness (QED) is 0.793. The number of nitrogens with zero attached hydrogens (tertiary/aromatic N) is 1. The van der Waals surface area contributed by atoms with Gasteiger partial charge in [-0.05, 0) is 25.0 Å². The van der Waals surface area contributed by atoms with Gasteiger partial charge >= 0.3 is 5.97 Å². The predicted molar refractivity (Wildman–Crippen MR) is 65.4 cm³/mol. The zero-order valence-corrected chi connectivity index (χ0v) is 10.1. The summed E-state index contributed by atoms with van der Waals surface area (Å²) in [4.78, 5) is 25.0. The third-order valence-corrected chi connectivity index (χ3v) is 3.01. The number of hydrogen-bond donors (Lipinski definition) is 1. The largest absolute Gasteiger partial charge is 0.465 e. The average molecular weight is 249 g/mol. The Morgan fingerprint density at radius 1 is 1.44 bits per heavy atom. The number of carbonyl (C=O) groups excluding carboxylic acids is 2. The number of rotatable bonds is 2. The number of anilines is 1. The molecule has 2 rings (SSSR count). The van der Waals surface area contributed by atoms with Gasteiger partial charge in [0.15, 0.2) is 0 Å². The van der Waals surface area contributed by atoms with Crippen molar-refractivity contribution in [2.24, 2.45) is 0 Å². The minimum Gasteiger partial charge on any atom is -0.465 e. The van der Waals surface area contributed by atoms with Crippen LogP contribution in [0.25, 0.3) is 0 Å². The van der Waals surface area contributed by atoms with E-state index < -0.39 is 12.1 Å². The molecule has 1 heterocycles. The second-order valence-electron chi connectivity index (χ2n) is 4.16. The first kappa shape index (κ1) is 12.6. The first-order chi connectivity index (χ1) is 8.65. The number of piperidine rings is 1. The molecule has 1 aliphatic rings. The maximum atomic E-state index is 11.9. The Balaban J connectivity index is 2.38. The van der Waals surface area contributed by atoms with Gasteiger partial charge in [0.2, 0.25) is 0 Å². The van der Waals surface area contributed by atoms with Crippen LogP contribution in [0.3, 0.4) is 0 Å². The lowest BCUT2D eigenvalue weighted by Crippen LogP contribution is -2.44. The molecular formula is C13H15NO4. The molecule has 0 saturated carbocycles. The van der Waals surface area contributed by atoms with Crippen LogP contribution in [0.2, 0.25) is 0 Å². The molecule has 0 spiro atoms. The molecule has 96 valence electrons. The molecule has 1 unspecified atom stereocenters. The van der Waals surface area contributed by atoms with Crippen molar-refractivity contribution in [3.05, 3.63) is 29.8 Å². The molecule has 0 aromatic heterocycles. The average Bonchev–Trinajstić information content (AvgIpc) is 2.41. The van der Waals surface area contributed by atoms with Crippen LogP contribution >= 0.6 is 0 Å². The van der Waals surface area contributed by atoms with Crippen molar-refractivity contribution in [1.29, 1.82) is 0 Å². The van der Waals surface area contributed by atoms with Gasteiger partial charge in [0.05, 0.1) is 18.4 Å². The van der Waals surface area contributed by atoms with E-state index in [1.54, 1.807) is 24.3 Å². The van der Waals surface area contributed by atoms with Gasteiger partial charge in [0.25, 0.3) is 5.91 Å². The number of hydrogen-bond acceptors (Lipinski definition) is 4. The number of ether oxygens (including phenoxy) is 1. The van der Waals surface area contributed by atoms with Crippen LogP contribution in [0.5, 0.6) is 0 Å². The Morgan fingerprint density at radius 3 is 2.89 bits per heavy atom. The van der Waals surface area contributed by atoms with E-state index >= 15 is 0 Å². The molecule has 18 heavy (non-hydrogen) atoms. The number of amides is 1. The Kier molecular flexibility index (Phi) is 3.62. The first-order valence-electron chi connectivity index (χ1n) is 5.82. The van der Waals surface area contributed by atoms with Gasteiger partial charge in [-0.1, -0.05) is 12.1 Å². The van der Waals surface area contributed by atoms with Crippen LogP contribution in [0, 0.1) is 0 Å².